The van der Waals surface area contributed by atoms with Crippen LogP contribution in [0.3, 0.4) is 0 Å². The van der Waals surface area contributed by atoms with Gasteiger partial charge in [-0.15, -0.1) is 0 Å². The quantitative estimate of drug-likeness (QED) is 0.308. The summed E-state index contributed by atoms with van der Waals surface area (Å²) in [4.78, 5) is 6.36. The monoisotopic (exact) mass is 557 g/mol. The Morgan fingerprint density at radius 3 is 2.39 bits per heavy atom. The van der Waals surface area contributed by atoms with Gasteiger partial charge in [0.25, 0.3) is 0 Å². The lowest BCUT2D eigenvalue weighted by Gasteiger charge is -2.29. The summed E-state index contributed by atoms with van der Waals surface area (Å²) < 4.78 is 67.8. The summed E-state index contributed by atoms with van der Waals surface area (Å²) in [6, 6.07) is 20.0. The average molecular weight is 558 g/mol. The number of alkyl halides is 3. The fraction of sp³-hybridized carbons (Fsp3) is 0.154. The summed E-state index contributed by atoms with van der Waals surface area (Å²) in [6.07, 6.45) is -0.0454. The Kier molecular flexibility index (Phi) is 6.61. The summed E-state index contributed by atoms with van der Waals surface area (Å²) in [5, 5.41) is 3.71. The molecule has 0 bridgehead atoms. The molecule has 3 heterocycles. The van der Waals surface area contributed by atoms with Crippen molar-refractivity contribution in [3.63, 3.8) is 0 Å². The Morgan fingerprint density at radius 1 is 0.974 bits per heavy atom. The molecule has 2 aromatic carbocycles. The molecule has 7 nitrogen and oxygen atoms in total. The van der Waals surface area contributed by atoms with Crippen molar-refractivity contribution in [3.8, 4) is 5.69 Å². The topological polar surface area (TPSA) is 79.3 Å². The highest BCUT2D eigenvalue weighted by atomic mass is 32.2. The van der Waals surface area contributed by atoms with Crippen LogP contribution in [0.5, 0.6) is 0 Å². The second-order valence-electron chi connectivity index (χ2n) is 8.77. The highest BCUT2D eigenvalue weighted by Gasteiger charge is 2.42. The molecular weight excluding hydrogens is 535 g/mol. The minimum Gasteiger partial charge on any atom is -0.351 e. The van der Waals surface area contributed by atoms with E-state index in [0.29, 0.717) is 33.6 Å². The molecule has 1 saturated heterocycles. The van der Waals surface area contributed by atoms with Crippen LogP contribution in [0.4, 0.5) is 24.5 Å². The third-order valence-electron chi connectivity index (χ3n) is 6.08. The summed E-state index contributed by atoms with van der Waals surface area (Å²) in [5.74, 6) is 0. The zero-order chi connectivity index (χ0) is 27.1. The molecule has 1 fully saturated rings. The van der Waals surface area contributed by atoms with Gasteiger partial charge < -0.3 is 14.8 Å². The van der Waals surface area contributed by atoms with E-state index in [-0.39, 0.29) is 0 Å². The molecular formula is C26H22F3N5O2S2. The number of sulfonamides is 1. The first-order valence-corrected chi connectivity index (χ1v) is 13.7. The van der Waals surface area contributed by atoms with Gasteiger partial charge in [0.2, 0.25) is 10.0 Å². The maximum Gasteiger partial charge on any atom is 0.416 e. The van der Waals surface area contributed by atoms with Gasteiger partial charge in [-0.1, -0.05) is 12.1 Å². The van der Waals surface area contributed by atoms with E-state index in [2.05, 4.69) is 15.0 Å². The molecule has 5 rings (SSSR count). The zero-order valence-corrected chi connectivity index (χ0v) is 21.6. The Hall–Kier alpha value is -3.90. The van der Waals surface area contributed by atoms with Crippen LogP contribution >= 0.6 is 12.2 Å². The van der Waals surface area contributed by atoms with Crippen molar-refractivity contribution >= 4 is 38.7 Å². The van der Waals surface area contributed by atoms with Crippen molar-refractivity contribution in [2.45, 2.75) is 18.3 Å². The molecule has 0 radical (unpaired) electrons. The number of aromatic nitrogens is 2. The molecule has 0 amide bonds. The molecule has 0 saturated carbocycles. The molecule has 1 aliphatic heterocycles. The maximum absolute atomic E-state index is 13.5. The second-order valence-corrected chi connectivity index (χ2v) is 10.9. The van der Waals surface area contributed by atoms with Crippen LogP contribution in [0, 0.1) is 0 Å². The first-order valence-electron chi connectivity index (χ1n) is 11.4. The minimum atomic E-state index is -4.48. The SMILES string of the molecule is CS(=O)(=O)Nc1ccc(N2C(=S)N[C@H](c3ccccn3)[C@H]2c2cccn2-c2cccc(C(F)(F)F)c2)cc1. The van der Waals surface area contributed by atoms with E-state index in [1.807, 2.05) is 23.1 Å². The summed E-state index contributed by atoms with van der Waals surface area (Å²) in [6.45, 7) is 0. The van der Waals surface area contributed by atoms with E-state index in [9.17, 15) is 21.6 Å². The van der Waals surface area contributed by atoms with E-state index in [4.69, 9.17) is 12.2 Å². The van der Waals surface area contributed by atoms with Crippen molar-refractivity contribution in [1.29, 1.82) is 0 Å². The highest BCUT2D eigenvalue weighted by Crippen LogP contribution is 2.42. The Bertz CT molecular complexity index is 1570. The van der Waals surface area contributed by atoms with Gasteiger partial charge in [-0.3, -0.25) is 9.71 Å². The van der Waals surface area contributed by atoms with Crippen LogP contribution in [0.15, 0.2) is 91.3 Å². The lowest BCUT2D eigenvalue weighted by molar-refractivity contribution is -0.137. The molecule has 2 N–H and O–H groups in total. The first-order chi connectivity index (χ1) is 18.0. The van der Waals surface area contributed by atoms with E-state index < -0.39 is 33.8 Å². The Labute approximate surface area is 223 Å². The number of rotatable bonds is 6. The zero-order valence-electron chi connectivity index (χ0n) is 19.9. The largest absolute Gasteiger partial charge is 0.416 e. The summed E-state index contributed by atoms with van der Waals surface area (Å²) in [7, 11) is -3.45. The molecule has 0 unspecified atom stereocenters. The number of hydrogen-bond acceptors (Lipinski definition) is 4. The van der Waals surface area contributed by atoms with Gasteiger partial charge in [-0.05, 0) is 78.9 Å². The van der Waals surface area contributed by atoms with Crippen LogP contribution in [0.25, 0.3) is 5.69 Å². The van der Waals surface area contributed by atoms with Crippen molar-refractivity contribution < 1.29 is 21.6 Å². The Balaban J connectivity index is 1.61. The van der Waals surface area contributed by atoms with Crippen LogP contribution in [-0.4, -0.2) is 29.3 Å². The number of halogens is 3. The lowest BCUT2D eigenvalue weighted by atomic mass is 10.0. The van der Waals surface area contributed by atoms with Crippen LogP contribution in [-0.2, 0) is 16.2 Å². The Morgan fingerprint density at radius 2 is 1.74 bits per heavy atom. The minimum absolute atomic E-state index is 0.352. The molecule has 12 heteroatoms. The summed E-state index contributed by atoms with van der Waals surface area (Å²) >= 11 is 5.72. The smallest absolute Gasteiger partial charge is 0.351 e. The molecule has 0 spiro atoms. The van der Waals surface area contributed by atoms with E-state index >= 15 is 0 Å². The van der Waals surface area contributed by atoms with E-state index in [0.717, 1.165) is 18.4 Å². The molecule has 38 heavy (non-hydrogen) atoms. The second kappa shape index (κ2) is 9.76. The standard InChI is InChI=1S/C26H22F3N5O2S2/c1-38(35,36)32-18-10-12-19(13-11-18)34-24(23(31-25(34)37)21-8-2-3-14-30-21)22-9-5-15-33(22)20-7-4-6-17(16-20)26(27,28)29/h2-16,23-24,32H,1H3,(H,31,37)/t23-,24-/m1/s1. The van der Waals surface area contributed by atoms with Gasteiger partial charge in [0.05, 0.1) is 23.6 Å². The van der Waals surface area contributed by atoms with Crippen LogP contribution < -0.4 is 14.9 Å². The lowest BCUT2D eigenvalue weighted by Crippen LogP contribution is -2.30. The fourth-order valence-corrected chi connectivity index (χ4v) is 5.45. The molecule has 4 aromatic rings. The highest BCUT2D eigenvalue weighted by molar-refractivity contribution is 7.92. The van der Waals surface area contributed by atoms with Gasteiger partial charge in [-0.2, -0.15) is 13.2 Å². The van der Waals surface area contributed by atoms with Gasteiger partial charge in [0.1, 0.15) is 6.04 Å². The van der Waals surface area contributed by atoms with Crippen molar-refractivity contribution in [2.75, 3.05) is 15.9 Å². The third kappa shape index (κ3) is 5.22. The number of nitrogens with one attached hydrogen (secondary N) is 2. The number of benzene rings is 2. The maximum atomic E-state index is 13.5. The molecule has 2 atom stereocenters. The van der Waals surface area contributed by atoms with Crippen molar-refractivity contribution in [2.24, 2.45) is 0 Å². The third-order valence-corrected chi connectivity index (χ3v) is 7.00. The van der Waals surface area contributed by atoms with Gasteiger partial charge in [0.15, 0.2) is 5.11 Å². The van der Waals surface area contributed by atoms with Crippen LogP contribution in [0.2, 0.25) is 0 Å². The molecule has 2 aromatic heterocycles. The first kappa shape index (κ1) is 25.7. The van der Waals surface area contributed by atoms with E-state index in [1.54, 1.807) is 59.4 Å². The number of thiocarbonyl (C=S) groups is 1. The molecule has 196 valence electrons. The fourth-order valence-electron chi connectivity index (χ4n) is 4.54. The number of anilines is 2. The van der Waals surface area contributed by atoms with Crippen molar-refractivity contribution in [3.05, 3.63) is 108 Å². The number of nitrogens with zero attached hydrogens (tertiary/aromatic N) is 3. The molecule has 1 aliphatic rings. The van der Waals surface area contributed by atoms with Crippen molar-refractivity contribution in [1.82, 2.24) is 14.9 Å². The number of pyridine rings is 1. The van der Waals surface area contributed by atoms with Gasteiger partial charge >= 0.3 is 6.18 Å². The average Bonchev–Trinajstić information content (AvgIpc) is 3.48. The summed E-state index contributed by atoms with van der Waals surface area (Å²) in [5.41, 5.74) is 2.05. The molecule has 0 aliphatic carbocycles. The normalized spacial score (nSPS) is 17.9. The predicted molar refractivity (Wildman–Crippen MR) is 144 cm³/mol. The van der Waals surface area contributed by atoms with Gasteiger partial charge in [-0.25, -0.2) is 8.42 Å². The van der Waals surface area contributed by atoms with E-state index in [1.165, 1.54) is 6.07 Å². The predicted octanol–water partition coefficient (Wildman–Crippen LogP) is 5.44. The van der Waals surface area contributed by atoms with Crippen LogP contribution in [0.1, 0.15) is 29.0 Å². The number of hydrogen-bond donors (Lipinski definition) is 2. The van der Waals surface area contributed by atoms with Gasteiger partial charge in [0, 0.05) is 35.1 Å².